The van der Waals surface area contributed by atoms with Crippen LogP contribution in [-0.4, -0.2) is 55.2 Å². The number of nitrogens with zero attached hydrogens (tertiary/aromatic N) is 1. The first-order valence-corrected chi connectivity index (χ1v) is 6.61. The summed E-state index contributed by atoms with van der Waals surface area (Å²) in [6, 6.07) is 0. The zero-order valence-electron chi connectivity index (χ0n) is 9.49. The predicted molar refractivity (Wildman–Crippen MR) is 63.0 cm³/mol. The molecule has 0 aliphatic carbocycles. The smallest absolute Gasteiger partial charge is 0.242 e. The lowest BCUT2D eigenvalue weighted by Gasteiger charge is -2.35. The molecular formula is C10H20N2O2S. The zero-order chi connectivity index (χ0) is 11.3. The molecule has 0 aromatic carbocycles. The van der Waals surface area contributed by atoms with Crippen molar-refractivity contribution in [3.8, 4) is 0 Å². The van der Waals surface area contributed by atoms with Crippen LogP contribution in [0.4, 0.5) is 0 Å². The number of thioether (sulfide) groups is 1. The Labute approximate surface area is 95.5 Å². The average molecular weight is 232 g/mol. The highest BCUT2D eigenvalue weighted by Crippen LogP contribution is 2.19. The first-order valence-electron chi connectivity index (χ1n) is 5.21. The van der Waals surface area contributed by atoms with Crippen LogP contribution in [0.15, 0.2) is 0 Å². The normalized spacial score (nSPS) is 19.9. The summed E-state index contributed by atoms with van der Waals surface area (Å²) in [6.45, 7) is 1.96. The Bertz CT molecular complexity index is 217. The van der Waals surface area contributed by atoms with Crippen molar-refractivity contribution in [2.75, 3.05) is 38.8 Å². The maximum Gasteiger partial charge on any atom is 0.242 e. The van der Waals surface area contributed by atoms with E-state index in [1.54, 1.807) is 16.7 Å². The van der Waals surface area contributed by atoms with E-state index in [0.29, 0.717) is 26.1 Å². The molecule has 2 N–H and O–H groups in total. The van der Waals surface area contributed by atoms with E-state index in [4.69, 9.17) is 10.5 Å². The standard InChI is InChI=1S/C10H20N2O2S/c1-12(5-8-15-2)9(13)10(11)3-6-14-7-4-10/h3-8,11H2,1-2H3. The third kappa shape index (κ3) is 3.36. The summed E-state index contributed by atoms with van der Waals surface area (Å²) >= 11 is 1.73. The van der Waals surface area contributed by atoms with Gasteiger partial charge in [0.15, 0.2) is 0 Å². The number of rotatable bonds is 4. The van der Waals surface area contributed by atoms with Gasteiger partial charge in [-0.2, -0.15) is 11.8 Å². The summed E-state index contributed by atoms with van der Waals surface area (Å²) in [4.78, 5) is 13.8. The van der Waals surface area contributed by atoms with Gasteiger partial charge in [-0.05, 0) is 19.1 Å². The van der Waals surface area contributed by atoms with Crippen molar-refractivity contribution in [1.29, 1.82) is 0 Å². The molecule has 1 aliphatic heterocycles. The summed E-state index contributed by atoms with van der Waals surface area (Å²) in [5, 5.41) is 0. The van der Waals surface area contributed by atoms with E-state index in [-0.39, 0.29) is 5.91 Å². The quantitative estimate of drug-likeness (QED) is 0.758. The maximum absolute atomic E-state index is 12.1. The van der Waals surface area contributed by atoms with E-state index in [1.165, 1.54) is 0 Å². The van der Waals surface area contributed by atoms with E-state index in [2.05, 4.69) is 0 Å². The Morgan fingerprint density at radius 3 is 2.67 bits per heavy atom. The Balaban J connectivity index is 2.49. The summed E-state index contributed by atoms with van der Waals surface area (Å²) in [6.07, 6.45) is 3.30. The van der Waals surface area contributed by atoms with Gasteiger partial charge in [0.2, 0.25) is 5.91 Å². The zero-order valence-corrected chi connectivity index (χ0v) is 10.3. The monoisotopic (exact) mass is 232 g/mol. The van der Waals surface area contributed by atoms with Crippen LogP contribution in [0.5, 0.6) is 0 Å². The molecule has 0 aromatic heterocycles. The number of likely N-dealkylation sites (N-methyl/N-ethyl adjacent to an activating group) is 1. The second-order valence-electron chi connectivity index (χ2n) is 3.99. The molecule has 4 nitrogen and oxygen atoms in total. The maximum atomic E-state index is 12.1. The Morgan fingerprint density at radius 1 is 1.53 bits per heavy atom. The number of amides is 1. The minimum Gasteiger partial charge on any atom is -0.381 e. The molecule has 0 aromatic rings. The van der Waals surface area contributed by atoms with Crippen molar-refractivity contribution < 1.29 is 9.53 Å². The molecule has 1 fully saturated rings. The third-order valence-electron chi connectivity index (χ3n) is 2.79. The SMILES string of the molecule is CSCCN(C)C(=O)C1(N)CCOCC1. The van der Waals surface area contributed by atoms with Crippen molar-refractivity contribution >= 4 is 17.7 Å². The summed E-state index contributed by atoms with van der Waals surface area (Å²) in [5.74, 6) is 1.01. The largest absolute Gasteiger partial charge is 0.381 e. The van der Waals surface area contributed by atoms with Gasteiger partial charge in [-0.1, -0.05) is 0 Å². The molecule has 1 aliphatic rings. The van der Waals surface area contributed by atoms with Gasteiger partial charge < -0.3 is 15.4 Å². The van der Waals surface area contributed by atoms with Gasteiger partial charge in [0.25, 0.3) is 0 Å². The lowest BCUT2D eigenvalue weighted by Crippen LogP contribution is -2.57. The summed E-state index contributed by atoms with van der Waals surface area (Å²) in [7, 11) is 1.82. The van der Waals surface area contributed by atoms with Crippen LogP contribution in [-0.2, 0) is 9.53 Å². The lowest BCUT2D eigenvalue weighted by atomic mass is 9.90. The first kappa shape index (κ1) is 12.8. The number of nitrogens with two attached hydrogens (primary N) is 1. The van der Waals surface area contributed by atoms with Crippen molar-refractivity contribution in [3.63, 3.8) is 0 Å². The van der Waals surface area contributed by atoms with Crippen molar-refractivity contribution in [2.45, 2.75) is 18.4 Å². The van der Waals surface area contributed by atoms with E-state index in [1.807, 2.05) is 13.3 Å². The third-order valence-corrected chi connectivity index (χ3v) is 3.38. The van der Waals surface area contributed by atoms with Crippen LogP contribution in [0.2, 0.25) is 0 Å². The molecule has 15 heavy (non-hydrogen) atoms. The molecular weight excluding hydrogens is 212 g/mol. The van der Waals surface area contributed by atoms with Crippen LogP contribution in [0.3, 0.4) is 0 Å². The number of carbonyl (C=O) groups is 1. The van der Waals surface area contributed by atoms with Crippen LogP contribution in [0.25, 0.3) is 0 Å². The van der Waals surface area contributed by atoms with Gasteiger partial charge in [0, 0.05) is 32.6 Å². The van der Waals surface area contributed by atoms with Crippen molar-refractivity contribution in [1.82, 2.24) is 4.90 Å². The van der Waals surface area contributed by atoms with E-state index < -0.39 is 5.54 Å². The highest BCUT2D eigenvalue weighted by molar-refractivity contribution is 7.98. The van der Waals surface area contributed by atoms with E-state index >= 15 is 0 Å². The second-order valence-corrected chi connectivity index (χ2v) is 4.97. The van der Waals surface area contributed by atoms with Crippen LogP contribution in [0.1, 0.15) is 12.8 Å². The van der Waals surface area contributed by atoms with E-state index in [0.717, 1.165) is 12.3 Å². The molecule has 88 valence electrons. The Morgan fingerprint density at radius 2 is 2.13 bits per heavy atom. The topological polar surface area (TPSA) is 55.6 Å². The molecule has 0 radical (unpaired) electrons. The fourth-order valence-electron chi connectivity index (χ4n) is 1.66. The summed E-state index contributed by atoms with van der Waals surface area (Å²) < 4.78 is 5.22. The lowest BCUT2D eigenvalue weighted by molar-refractivity contribution is -0.138. The van der Waals surface area contributed by atoms with Gasteiger partial charge in [-0.25, -0.2) is 0 Å². The molecule has 5 heteroatoms. The fourth-order valence-corrected chi connectivity index (χ4v) is 2.12. The van der Waals surface area contributed by atoms with Gasteiger partial charge in [-0.3, -0.25) is 4.79 Å². The van der Waals surface area contributed by atoms with Gasteiger partial charge >= 0.3 is 0 Å². The van der Waals surface area contributed by atoms with Crippen LogP contribution >= 0.6 is 11.8 Å². The average Bonchev–Trinajstić information content (AvgIpc) is 2.26. The molecule has 0 spiro atoms. The van der Waals surface area contributed by atoms with Crippen molar-refractivity contribution in [3.05, 3.63) is 0 Å². The molecule has 0 bridgehead atoms. The molecule has 1 amide bonds. The van der Waals surface area contributed by atoms with Gasteiger partial charge in [0.05, 0.1) is 5.54 Å². The summed E-state index contributed by atoms with van der Waals surface area (Å²) in [5.41, 5.74) is 5.41. The van der Waals surface area contributed by atoms with Crippen molar-refractivity contribution in [2.24, 2.45) is 5.73 Å². The highest BCUT2D eigenvalue weighted by Gasteiger charge is 2.37. The number of carbonyl (C=O) groups excluding carboxylic acids is 1. The molecule has 1 saturated heterocycles. The molecule has 0 atom stereocenters. The minimum atomic E-state index is -0.689. The van der Waals surface area contributed by atoms with Gasteiger partial charge in [-0.15, -0.1) is 0 Å². The molecule has 1 rings (SSSR count). The number of hydrogen-bond donors (Lipinski definition) is 1. The fraction of sp³-hybridized carbons (Fsp3) is 0.900. The second kappa shape index (κ2) is 5.72. The molecule has 0 saturated carbocycles. The van der Waals surface area contributed by atoms with E-state index in [9.17, 15) is 4.79 Å². The Kier molecular flexibility index (Phi) is 4.89. The molecule has 0 unspecified atom stereocenters. The van der Waals surface area contributed by atoms with Crippen LogP contribution < -0.4 is 5.73 Å². The van der Waals surface area contributed by atoms with Gasteiger partial charge in [0.1, 0.15) is 0 Å². The minimum absolute atomic E-state index is 0.0554. The highest BCUT2D eigenvalue weighted by atomic mass is 32.2. The number of hydrogen-bond acceptors (Lipinski definition) is 4. The Hall–Kier alpha value is -0.260. The van der Waals surface area contributed by atoms with Crippen LogP contribution in [0, 0.1) is 0 Å². The number of ether oxygens (including phenoxy) is 1. The first-order chi connectivity index (χ1) is 7.10. The molecule has 1 heterocycles. The predicted octanol–water partition coefficient (Wildman–Crippen LogP) is 0.316.